The zero-order valence-corrected chi connectivity index (χ0v) is 7.69. The van der Waals surface area contributed by atoms with Crippen LogP contribution in [0.1, 0.15) is 6.92 Å². The summed E-state index contributed by atoms with van der Waals surface area (Å²) in [6.07, 6.45) is 0. The van der Waals surface area contributed by atoms with Crippen LogP contribution in [0.2, 0.25) is 0 Å². The maximum Gasteiger partial charge on any atom is 0.169 e. The van der Waals surface area contributed by atoms with Gasteiger partial charge in [-0.15, -0.1) is 0 Å². The van der Waals surface area contributed by atoms with Gasteiger partial charge in [0, 0.05) is 0 Å². The molecule has 0 radical (unpaired) electrons. The first-order chi connectivity index (χ1) is 5.25. The van der Waals surface area contributed by atoms with Gasteiger partial charge in [-0.05, 0) is 35.0 Å². The highest BCUT2D eigenvalue weighted by atomic mass is 79.9. The number of halogens is 2. The van der Waals surface area contributed by atoms with Gasteiger partial charge in [-0.25, -0.2) is 4.39 Å². The van der Waals surface area contributed by atoms with Crippen molar-refractivity contribution in [2.45, 2.75) is 6.92 Å². The molecule has 0 bridgehead atoms. The van der Waals surface area contributed by atoms with Crippen LogP contribution in [0, 0.1) is 5.82 Å². The quantitative estimate of drug-likeness (QED) is 0.742. The molecule has 0 aliphatic heterocycles. The zero-order valence-electron chi connectivity index (χ0n) is 6.10. The van der Waals surface area contributed by atoms with Crippen LogP contribution in [-0.2, 0) is 0 Å². The monoisotopic (exact) mass is 218 g/mol. The Morgan fingerprint density at radius 2 is 2.27 bits per heavy atom. The van der Waals surface area contributed by atoms with Crippen molar-refractivity contribution >= 4 is 15.9 Å². The van der Waals surface area contributed by atoms with Crippen LogP contribution in [-0.4, -0.2) is 6.61 Å². The van der Waals surface area contributed by atoms with Crippen molar-refractivity contribution in [3.8, 4) is 5.75 Å². The van der Waals surface area contributed by atoms with Crippen molar-refractivity contribution < 1.29 is 9.13 Å². The summed E-state index contributed by atoms with van der Waals surface area (Å²) in [5.41, 5.74) is 0. The summed E-state index contributed by atoms with van der Waals surface area (Å²) in [5.74, 6) is -0.0452. The third-order valence-electron chi connectivity index (χ3n) is 1.21. The molecule has 11 heavy (non-hydrogen) atoms. The molecule has 3 heteroatoms. The maximum absolute atomic E-state index is 12.9. The van der Waals surface area contributed by atoms with Gasteiger partial charge in [-0.2, -0.15) is 0 Å². The normalized spacial score (nSPS) is 9.73. The van der Waals surface area contributed by atoms with E-state index in [1.165, 1.54) is 6.07 Å². The predicted octanol–water partition coefficient (Wildman–Crippen LogP) is 2.99. The SMILES string of the molecule is CCOc1c(F)cccc1Br. The smallest absolute Gasteiger partial charge is 0.169 e. The Bertz CT molecular complexity index is 230. The standard InChI is InChI=1S/C8H8BrFO/c1-2-11-8-6(9)4-3-5-7(8)10/h3-5H,2H2,1H3. The lowest BCUT2D eigenvalue weighted by Gasteiger charge is -2.05. The fourth-order valence-corrected chi connectivity index (χ4v) is 1.22. The van der Waals surface area contributed by atoms with Gasteiger partial charge in [0.2, 0.25) is 0 Å². The molecule has 0 saturated heterocycles. The lowest BCUT2D eigenvalue weighted by Crippen LogP contribution is -1.94. The van der Waals surface area contributed by atoms with E-state index in [9.17, 15) is 4.39 Å². The first-order valence-corrected chi connectivity index (χ1v) is 4.11. The molecular formula is C8H8BrFO. The molecule has 0 aromatic heterocycles. The molecule has 1 nitrogen and oxygen atoms in total. The number of rotatable bonds is 2. The zero-order chi connectivity index (χ0) is 8.27. The third-order valence-corrected chi connectivity index (χ3v) is 1.83. The van der Waals surface area contributed by atoms with Gasteiger partial charge in [-0.3, -0.25) is 0 Å². The Morgan fingerprint density at radius 1 is 1.55 bits per heavy atom. The fraction of sp³-hybridized carbons (Fsp3) is 0.250. The largest absolute Gasteiger partial charge is 0.490 e. The molecule has 0 amide bonds. The summed E-state index contributed by atoms with van der Waals surface area (Å²) >= 11 is 3.18. The molecule has 60 valence electrons. The first-order valence-electron chi connectivity index (χ1n) is 3.32. The van der Waals surface area contributed by atoms with Crippen molar-refractivity contribution in [1.82, 2.24) is 0 Å². The Labute approximate surface area is 73.3 Å². The maximum atomic E-state index is 12.9. The second kappa shape index (κ2) is 3.72. The summed E-state index contributed by atoms with van der Waals surface area (Å²) in [4.78, 5) is 0. The van der Waals surface area contributed by atoms with Crippen LogP contribution < -0.4 is 4.74 Å². The summed E-state index contributed by atoms with van der Waals surface area (Å²) < 4.78 is 18.6. The highest BCUT2D eigenvalue weighted by Crippen LogP contribution is 2.27. The van der Waals surface area contributed by atoms with E-state index >= 15 is 0 Å². The molecule has 0 unspecified atom stereocenters. The Morgan fingerprint density at radius 3 is 2.82 bits per heavy atom. The van der Waals surface area contributed by atoms with Gasteiger partial charge in [-0.1, -0.05) is 6.07 Å². The van der Waals surface area contributed by atoms with Crippen LogP contribution in [0.3, 0.4) is 0 Å². The van der Waals surface area contributed by atoms with Gasteiger partial charge in [0.15, 0.2) is 11.6 Å². The average Bonchev–Trinajstić information content (AvgIpc) is 1.97. The second-order valence-electron chi connectivity index (χ2n) is 1.98. The van der Waals surface area contributed by atoms with E-state index in [0.29, 0.717) is 11.1 Å². The molecule has 0 saturated carbocycles. The van der Waals surface area contributed by atoms with Gasteiger partial charge in [0.1, 0.15) is 0 Å². The average molecular weight is 219 g/mol. The minimum Gasteiger partial charge on any atom is -0.490 e. The molecule has 0 atom stereocenters. The molecule has 0 spiro atoms. The van der Waals surface area contributed by atoms with E-state index in [0.717, 1.165) is 0 Å². The number of hydrogen-bond donors (Lipinski definition) is 0. The minimum atomic E-state index is -0.332. The van der Waals surface area contributed by atoms with E-state index in [2.05, 4.69) is 15.9 Å². The van der Waals surface area contributed by atoms with Gasteiger partial charge in [0.05, 0.1) is 11.1 Å². The van der Waals surface area contributed by atoms with Gasteiger partial charge in [0.25, 0.3) is 0 Å². The van der Waals surface area contributed by atoms with E-state index < -0.39 is 0 Å². The van der Waals surface area contributed by atoms with Crippen LogP contribution in [0.25, 0.3) is 0 Å². The summed E-state index contributed by atoms with van der Waals surface area (Å²) in [6, 6.07) is 4.74. The molecule has 1 aromatic rings. The molecule has 0 fully saturated rings. The van der Waals surface area contributed by atoms with Crippen LogP contribution in [0.5, 0.6) is 5.75 Å². The molecular weight excluding hydrogens is 211 g/mol. The summed E-state index contributed by atoms with van der Waals surface area (Å²) in [7, 11) is 0. The Balaban J connectivity index is 3.00. The molecule has 1 rings (SSSR count). The number of benzene rings is 1. The van der Waals surface area contributed by atoms with E-state index in [1.54, 1.807) is 12.1 Å². The molecule has 0 aliphatic rings. The van der Waals surface area contributed by atoms with Crippen molar-refractivity contribution in [3.05, 3.63) is 28.5 Å². The van der Waals surface area contributed by atoms with Gasteiger partial charge >= 0.3 is 0 Å². The van der Waals surface area contributed by atoms with Crippen molar-refractivity contribution in [2.24, 2.45) is 0 Å². The first kappa shape index (κ1) is 8.53. The Hall–Kier alpha value is -0.570. The minimum absolute atomic E-state index is 0.287. The topological polar surface area (TPSA) is 9.23 Å². The van der Waals surface area contributed by atoms with E-state index in [4.69, 9.17) is 4.74 Å². The predicted molar refractivity (Wildman–Crippen MR) is 45.3 cm³/mol. The summed E-state index contributed by atoms with van der Waals surface area (Å²) in [6.45, 7) is 2.29. The number of hydrogen-bond acceptors (Lipinski definition) is 1. The van der Waals surface area contributed by atoms with Crippen LogP contribution in [0.4, 0.5) is 4.39 Å². The fourth-order valence-electron chi connectivity index (χ4n) is 0.765. The molecule has 0 heterocycles. The second-order valence-corrected chi connectivity index (χ2v) is 2.84. The molecule has 1 aromatic carbocycles. The number of para-hydroxylation sites is 1. The van der Waals surface area contributed by atoms with Crippen molar-refractivity contribution in [3.63, 3.8) is 0 Å². The Kier molecular flexibility index (Phi) is 2.88. The van der Waals surface area contributed by atoms with Crippen molar-refractivity contribution in [1.29, 1.82) is 0 Å². The highest BCUT2D eigenvalue weighted by Gasteiger charge is 2.05. The van der Waals surface area contributed by atoms with Crippen molar-refractivity contribution in [2.75, 3.05) is 6.61 Å². The summed E-state index contributed by atoms with van der Waals surface area (Å²) in [5, 5.41) is 0. The van der Waals surface area contributed by atoms with Crippen LogP contribution >= 0.6 is 15.9 Å². The molecule has 0 N–H and O–H groups in total. The van der Waals surface area contributed by atoms with E-state index in [1.807, 2.05) is 6.92 Å². The molecule has 0 aliphatic carbocycles. The highest BCUT2D eigenvalue weighted by molar-refractivity contribution is 9.10. The third kappa shape index (κ3) is 1.93. The van der Waals surface area contributed by atoms with E-state index in [-0.39, 0.29) is 11.6 Å². The lowest BCUT2D eigenvalue weighted by molar-refractivity contribution is 0.319. The number of ether oxygens (including phenoxy) is 1. The lowest BCUT2D eigenvalue weighted by atomic mass is 10.3. The van der Waals surface area contributed by atoms with Crippen LogP contribution in [0.15, 0.2) is 22.7 Å². The van der Waals surface area contributed by atoms with Gasteiger partial charge < -0.3 is 4.74 Å².